The predicted molar refractivity (Wildman–Crippen MR) is 57.5 cm³/mol. The van der Waals surface area contributed by atoms with Gasteiger partial charge in [0.2, 0.25) is 5.91 Å². The molecule has 0 unspecified atom stereocenters. The van der Waals surface area contributed by atoms with Gasteiger partial charge in [0.1, 0.15) is 11.1 Å². The van der Waals surface area contributed by atoms with E-state index < -0.39 is 17.8 Å². The SMILES string of the molecule is [N-]=[N+]=NCC1=C(C(=O)O)N2C(=O)[C@H](CO)[C@H]2S1. The fraction of sp³-hybridized carbons (Fsp3) is 0.500. The van der Waals surface area contributed by atoms with Gasteiger partial charge in [0.05, 0.1) is 19.1 Å². The number of carboxylic acids is 1. The van der Waals surface area contributed by atoms with Gasteiger partial charge in [0.15, 0.2) is 0 Å². The largest absolute Gasteiger partial charge is 0.477 e. The molecule has 0 bridgehead atoms. The van der Waals surface area contributed by atoms with Crippen LogP contribution in [0.2, 0.25) is 0 Å². The van der Waals surface area contributed by atoms with Crippen LogP contribution in [0.3, 0.4) is 0 Å². The van der Waals surface area contributed by atoms with Crippen LogP contribution >= 0.6 is 11.8 Å². The van der Waals surface area contributed by atoms with Crippen molar-refractivity contribution in [2.45, 2.75) is 5.37 Å². The summed E-state index contributed by atoms with van der Waals surface area (Å²) in [6, 6.07) is 0. The molecule has 0 aliphatic carbocycles. The van der Waals surface area contributed by atoms with Crippen LogP contribution in [-0.2, 0) is 9.59 Å². The number of amides is 1. The summed E-state index contributed by atoms with van der Waals surface area (Å²) in [6.45, 7) is -0.407. The molecule has 2 aliphatic rings. The molecule has 0 radical (unpaired) electrons. The van der Waals surface area contributed by atoms with Crippen LogP contribution in [-0.4, -0.2) is 45.5 Å². The number of aliphatic hydroxyl groups is 1. The Bertz CT molecular complexity index is 470. The first kappa shape index (κ1) is 11.8. The summed E-state index contributed by atoms with van der Waals surface area (Å²) >= 11 is 1.15. The minimum Gasteiger partial charge on any atom is -0.477 e. The summed E-state index contributed by atoms with van der Waals surface area (Å²) in [5.74, 6) is -2.20. The zero-order valence-electron chi connectivity index (χ0n) is 8.48. The molecule has 1 fully saturated rings. The molecule has 0 saturated carbocycles. The first-order valence-corrected chi connectivity index (χ1v) is 5.57. The molecule has 2 rings (SSSR count). The van der Waals surface area contributed by atoms with E-state index in [0.717, 1.165) is 16.7 Å². The molecule has 9 heteroatoms. The number of carbonyl (C=O) groups excluding carboxylic acids is 1. The van der Waals surface area contributed by atoms with Crippen molar-refractivity contribution < 1.29 is 19.8 Å². The highest BCUT2D eigenvalue weighted by Crippen LogP contribution is 2.48. The molecule has 2 heterocycles. The number of fused-ring (bicyclic) bond motifs is 1. The zero-order valence-corrected chi connectivity index (χ0v) is 9.29. The maximum atomic E-state index is 11.6. The number of nitrogens with zero attached hydrogens (tertiary/aromatic N) is 4. The molecular formula is C8H8N4O4S. The van der Waals surface area contributed by atoms with Crippen molar-refractivity contribution in [1.82, 2.24) is 4.90 Å². The van der Waals surface area contributed by atoms with Gasteiger partial charge in [-0.25, -0.2) is 4.79 Å². The molecule has 0 aromatic heterocycles. The van der Waals surface area contributed by atoms with Crippen LogP contribution in [0.1, 0.15) is 0 Å². The lowest BCUT2D eigenvalue weighted by molar-refractivity contribution is -0.153. The Hall–Kier alpha value is -1.70. The van der Waals surface area contributed by atoms with Crippen molar-refractivity contribution in [1.29, 1.82) is 0 Å². The lowest BCUT2D eigenvalue weighted by Gasteiger charge is -2.41. The second-order valence-corrected chi connectivity index (χ2v) is 4.68. The van der Waals surface area contributed by atoms with Gasteiger partial charge in [-0.05, 0) is 5.53 Å². The molecule has 2 N–H and O–H groups in total. The Morgan fingerprint density at radius 3 is 2.88 bits per heavy atom. The van der Waals surface area contributed by atoms with Gasteiger partial charge in [0.25, 0.3) is 0 Å². The minimum atomic E-state index is -1.23. The fourth-order valence-corrected chi connectivity index (χ4v) is 3.23. The van der Waals surface area contributed by atoms with Crippen molar-refractivity contribution in [3.8, 4) is 0 Å². The van der Waals surface area contributed by atoms with E-state index in [4.69, 9.17) is 15.7 Å². The third kappa shape index (κ3) is 1.64. The third-order valence-electron chi connectivity index (χ3n) is 2.60. The number of carboxylic acid groups (broad SMARTS) is 1. The molecule has 90 valence electrons. The number of rotatable bonds is 4. The number of β-lactam (4-membered cyclic amide) rings is 1. The van der Waals surface area contributed by atoms with Crippen LogP contribution in [0.5, 0.6) is 0 Å². The number of aliphatic hydroxyl groups excluding tert-OH is 1. The molecule has 0 aromatic rings. The molecule has 0 aromatic carbocycles. The summed E-state index contributed by atoms with van der Waals surface area (Å²) in [6.07, 6.45) is 0. The first-order chi connectivity index (χ1) is 8.11. The van der Waals surface area contributed by atoms with Crippen LogP contribution in [0, 0.1) is 5.92 Å². The van der Waals surface area contributed by atoms with E-state index in [1.54, 1.807) is 0 Å². The van der Waals surface area contributed by atoms with E-state index in [1.807, 2.05) is 0 Å². The number of carbonyl (C=O) groups is 2. The Kier molecular flexibility index (Phi) is 2.97. The standard InChI is InChI=1S/C8H8N4O4S/c9-11-10-1-4-5(8(15)16)12-6(14)3(2-13)7(12)17-4/h3,7,13H,1-2H2,(H,15,16)/t3-,7+/m0/s1. The average Bonchev–Trinajstić information content (AvgIpc) is 2.62. The maximum absolute atomic E-state index is 11.6. The van der Waals surface area contributed by atoms with Crippen molar-refractivity contribution in [2.24, 2.45) is 11.0 Å². The molecule has 17 heavy (non-hydrogen) atoms. The Morgan fingerprint density at radius 1 is 1.65 bits per heavy atom. The van der Waals surface area contributed by atoms with Crippen LogP contribution in [0.4, 0.5) is 0 Å². The fourth-order valence-electron chi connectivity index (χ4n) is 1.83. The van der Waals surface area contributed by atoms with Crippen LogP contribution < -0.4 is 0 Å². The Labute approximate surface area is 99.5 Å². The number of aliphatic carboxylic acids is 1. The van der Waals surface area contributed by atoms with Crippen molar-refractivity contribution >= 4 is 23.6 Å². The van der Waals surface area contributed by atoms with Crippen molar-refractivity contribution in [3.05, 3.63) is 21.0 Å². The van der Waals surface area contributed by atoms with E-state index >= 15 is 0 Å². The summed E-state index contributed by atoms with van der Waals surface area (Å²) in [5.41, 5.74) is 8.07. The maximum Gasteiger partial charge on any atom is 0.353 e. The number of hydrogen-bond acceptors (Lipinski definition) is 5. The second kappa shape index (κ2) is 4.28. The lowest BCUT2D eigenvalue weighted by Crippen LogP contribution is -2.58. The van der Waals surface area contributed by atoms with Gasteiger partial charge in [-0.1, -0.05) is 5.11 Å². The van der Waals surface area contributed by atoms with Crippen molar-refractivity contribution in [2.75, 3.05) is 13.2 Å². The van der Waals surface area contributed by atoms with Gasteiger partial charge >= 0.3 is 5.97 Å². The molecule has 2 atom stereocenters. The first-order valence-electron chi connectivity index (χ1n) is 4.69. The number of hydrogen-bond donors (Lipinski definition) is 2. The topological polar surface area (TPSA) is 127 Å². The Balaban J connectivity index is 2.29. The monoisotopic (exact) mass is 256 g/mol. The average molecular weight is 256 g/mol. The van der Waals surface area contributed by atoms with E-state index in [9.17, 15) is 9.59 Å². The van der Waals surface area contributed by atoms with E-state index in [-0.39, 0.29) is 24.2 Å². The summed E-state index contributed by atoms with van der Waals surface area (Å²) < 4.78 is 0. The van der Waals surface area contributed by atoms with Gasteiger partial charge in [-0.3, -0.25) is 9.69 Å². The summed E-state index contributed by atoms with van der Waals surface area (Å²) in [4.78, 5) is 26.6. The quantitative estimate of drug-likeness (QED) is 0.319. The highest BCUT2D eigenvalue weighted by molar-refractivity contribution is 8.04. The van der Waals surface area contributed by atoms with E-state index in [1.165, 1.54) is 0 Å². The highest BCUT2D eigenvalue weighted by Gasteiger charge is 2.55. The molecular weight excluding hydrogens is 248 g/mol. The predicted octanol–water partition coefficient (Wildman–Crippen LogP) is 0.116. The third-order valence-corrected chi connectivity index (χ3v) is 3.99. The smallest absolute Gasteiger partial charge is 0.353 e. The highest BCUT2D eigenvalue weighted by atomic mass is 32.2. The van der Waals surface area contributed by atoms with Crippen molar-refractivity contribution in [3.63, 3.8) is 0 Å². The molecule has 8 nitrogen and oxygen atoms in total. The molecule has 2 aliphatic heterocycles. The van der Waals surface area contributed by atoms with Gasteiger partial charge in [0, 0.05) is 9.82 Å². The number of azide groups is 1. The van der Waals surface area contributed by atoms with Gasteiger partial charge in [-0.2, -0.15) is 0 Å². The van der Waals surface area contributed by atoms with Gasteiger partial charge in [-0.15, -0.1) is 11.8 Å². The van der Waals surface area contributed by atoms with Crippen LogP contribution in [0.25, 0.3) is 10.4 Å². The zero-order chi connectivity index (χ0) is 12.6. The normalized spacial score (nSPS) is 26.4. The number of thioether (sulfide) groups is 1. The van der Waals surface area contributed by atoms with Crippen LogP contribution in [0.15, 0.2) is 15.7 Å². The lowest BCUT2D eigenvalue weighted by atomic mass is 9.98. The summed E-state index contributed by atoms with van der Waals surface area (Å²) in [5, 5.41) is 20.9. The molecule has 0 spiro atoms. The second-order valence-electron chi connectivity index (χ2n) is 3.47. The molecule has 1 amide bonds. The van der Waals surface area contributed by atoms with Gasteiger partial charge < -0.3 is 10.2 Å². The minimum absolute atomic E-state index is 0.0960. The summed E-state index contributed by atoms with van der Waals surface area (Å²) in [7, 11) is 0. The van der Waals surface area contributed by atoms with E-state index in [0.29, 0.717) is 4.91 Å². The van der Waals surface area contributed by atoms with E-state index in [2.05, 4.69) is 10.0 Å². The Morgan fingerprint density at radius 2 is 2.35 bits per heavy atom. The molecule has 1 saturated heterocycles.